The molecule has 3 aliphatic rings. The summed E-state index contributed by atoms with van der Waals surface area (Å²) in [6, 6.07) is 6.86. The molecule has 0 saturated heterocycles. The van der Waals surface area contributed by atoms with Gasteiger partial charge < -0.3 is 5.11 Å². The van der Waals surface area contributed by atoms with E-state index >= 15 is 0 Å². The molecule has 0 spiro atoms. The standard InChI is InChI=1S/C23H28O3/c24-21-18-12-3-4-13-19(18)22(25)23(26)20(21)14-6-10-16-9-5-8-15-7-1-2-11-17(15)16/h3-4,12-13,15-17,24H,1-2,5-11,14H2/t15-,16+,17+/m1/s1. The van der Waals surface area contributed by atoms with Crippen LogP contribution < -0.4 is 0 Å². The van der Waals surface area contributed by atoms with Gasteiger partial charge in [-0.1, -0.05) is 62.8 Å². The van der Waals surface area contributed by atoms with Gasteiger partial charge in [0.25, 0.3) is 0 Å². The van der Waals surface area contributed by atoms with Crippen LogP contribution in [0.4, 0.5) is 0 Å². The monoisotopic (exact) mass is 352 g/mol. The highest BCUT2D eigenvalue weighted by Gasteiger charge is 2.35. The van der Waals surface area contributed by atoms with E-state index < -0.39 is 11.6 Å². The third-order valence-corrected chi connectivity index (χ3v) is 6.92. The molecule has 0 heterocycles. The Kier molecular flexibility index (Phi) is 4.97. The number of aliphatic hydroxyl groups excluding tert-OH is 1. The topological polar surface area (TPSA) is 54.4 Å². The van der Waals surface area contributed by atoms with E-state index in [1.165, 1.54) is 44.9 Å². The maximum absolute atomic E-state index is 12.4. The summed E-state index contributed by atoms with van der Waals surface area (Å²) in [4.78, 5) is 24.8. The van der Waals surface area contributed by atoms with Crippen LogP contribution in [0.5, 0.6) is 0 Å². The van der Waals surface area contributed by atoms with Gasteiger partial charge >= 0.3 is 0 Å². The molecular weight excluding hydrogens is 324 g/mol. The van der Waals surface area contributed by atoms with Crippen molar-refractivity contribution in [3.63, 3.8) is 0 Å². The number of benzene rings is 1. The van der Waals surface area contributed by atoms with Gasteiger partial charge in [0.1, 0.15) is 5.76 Å². The Morgan fingerprint density at radius 1 is 0.885 bits per heavy atom. The molecule has 0 aliphatic heterocycles. The molecule has 2 saturated carbocycles. The minimum Gasteiger partial charge on any atom is -0.507 e. The van der Waals surface area contributed by atoms with Crippen molar-refractivity contribution in [3.05, 3.63) is 41.0 Å². The van der Waals surface area contributed by atoms with Gasteiger partial charge in [0, 0.05) is 16.7 Å². The summed E-state index contributed by atoms with van der Waals surface area (Å²) in [5.74, 6) is 1.58. The molecule has 138 valence electrons. The summed E-state index contributed by atoms with van der Waals surface area (Å²) in [6.45, 7) is 0. The molecule has 0 amide bonds. The number of Topliss-reactive ketones (excluding diaryl/α,β-unsaturated/α-hetero) is 2. The number of rotatable bonds is 4. The van der Waals surface area contributed by atoms with E-state index in [4.69, 9.17) is 0 Å². The number of hydrogen-bond donors (Lipinski definition) is 1. The molecule has 2 fully saturated rings. The Morgan fingerprint density at radius 3 is 2.46 bits per heavy atom. The normalized spacial score (nSPS) is 28.7. The Bertz CT molecular complexity index is 744. The van der Waals surface area contributed by atoms with E-state index in [1.54, 1.807) is 24.3 Å². The molecule has 3 aliphatic carbocycles. The van der Waals surface area contributed by atoms with Crippen molar-refractivity contribution < 1.29 is 14.7 Å². The predicted molar refractivity (Wildman–Crippen MR) is 102 cm³/mol. The number of fused-ring (bicyclic) bond motifs is 2. The zero-order valence-corrected chi connectivity index (χ0v) is 15.4. The highest BCUT2D eigenvalue weighted by molar-refractivity contribution is 6.52. The fourth-order valence-electron chi connectivity index (χ4n) is 5.62. The molecule has 26 heavy (non-hydrogen) atoms. The highest BCUT2D eigenvalue weighted by atomic mass is 16.3. The first kappa shape index (κ1) is 17.5. The van der Waals surface area contributed by atoms with Gasteiger partial charge in [-0.15, -0.1) is 0 Å². The van der Waals surface area contributed by atoms with Crippen molar-refractivity contribution in [3.8, 4) is 0 Å². The molecule has 0 unspecified atom stereocenters. The van der Waals surface area contributed by atoms with E-state index in [9.17, 15) is 14.7 Å². The van der Waals surface area contributed by atoms with Crippen LogP contribution in [0.3, 0.4) is 0 Å². The van der Waals surface area contributed by atoms with Gasteiger partial charge in [0.2, 0.25) is 11.6 Å². The first-order chi connectivity index (χ1) is 12.7. The minimum atomic E-state index is -0.514. The maximum atomic E-state index is 12.4. The second-order valence-electron chi connectivity index (χ2n) is 8.32. The fourth-order valence-corrected chi connectivity index (χ4v) is 5.62. The van der Waals surface area contributed by atoms with E-state index in [0.717, 1.165) is 30.6 Å². The quantitative estimate of drug-likeness (QED) is 0.728. The Labute approximate surface area is 155 Å². The smallest absolute Gasteiger partial charge is 0.234 e. The maximum Gasteiger partial charge on any atom is 0.234 e. The van der Waals surface area contributed by atoms with Crippen molar-refractivity contribution in [2.45, 2.75) is 64.2 Å². The third-order valence-electron chi connectivity index (χ3n) is 6.92. The zero-order valence-electron chi connectivity index (χ0n) is 15.4. The Morgan fingerprint density at radius 2 is 1.62 bits per heavy atom. The average molecular weight is 352 g/mol. The van der Waals surface area contributed by atoms with Crippen LogP contribution >= 0.6 is 0 Å². The highest BCUT2D eigenvalue weighted by Crippen LogP contribution is 2.45. The van der Waals surface area contributed by atoms with Gasteiger partial charge in [-0.25, -0.2) is 0 Å². The number of carbonyl (C=O) groups is 2. The van der Waals surface area contributed by atoms with Crippen molar-refractivity contribution in [2.24, 2.45) is 17.8 Å². The van der Waals surface area contributed by atoms with Gasteiger partial charge in [0.15, 0.2) is 0 Å². The molecule has 0 radical (unpaired) electrons. The average Bonchev–Trinajstić information content (AvgIpc) is 2.69. The van der Waals surface area contributed by atoms with Gasteiger partial charge in [0.05, 0.1) is 0 Å². The molecule has 1 N–H and O–H groups in total. The predicted octanol–water partition coefficient (Wildman–Crippen LogP) is 5.50. The summed E-state index contributed by atoms with van der Waals surface area (Å²) in [5.41, 5.74) is 1.16. The van der Waals surface area contributed by atoms with E-state index in [-0.39, 0.29) is 5.76 Å². The molecule has 3 heteroatoms. The van der Waals surface area contributed by atoms with Gasteiger partial charge in [-0.05, 0) is 43.4 Å². The van der Waals surface area contributed by atoms with E-state index in [2.05, 4.69) is 0 Å². The van der Waals surface area contributed by atoms with Crippen LogP contribution in [0.2, 0.25) is 0 Å². The Balaban J connectivity index is 1.44. The van der Waals surface area contributed by atoms with Crippen molar-refractivity contribution in [2.75, 3.05) is 0 Å². The fraction of sp³-hybridized carbons (Fsp3) is 0.565. The van der Waals surface area contributed by atoms with Crippen LogP contribution in [0.25, 0.3) is 5.76 Å². The second-order valence-corrected chi connectivity index (χ2v) is 8.32. The largest absolute Gasteiger partial charge is 0.507 e. The first-order valence-electron chi connectivity index (χ1n) is 10.3. The van der Waals surface area contributed by atoms with Gasteiger partial charge in [-0.2, -0.15) is 0 Å². The summed E-state index contributed by atoms with van der Waals surface area (Å²) in [7, 11) is 0. The number of allylic oxidation sites excluding steroid dienone is 1. The van der Waals surface area contributed by atoms with Crippen LogP contribution in [-0.2, 0) is 4.79 Å². The number of aliphatic hydroxyl groups is 1. The van der Waals surface area contributed by atoms with Gasteiger partial charge in [-0.3, -0.25) is 9.59 Å². The first-order valence-corrected chi connectivity index (χ1v) is 10.3. The van der Waals surface area contributed by atoms with Crippen LogP contribution in [0.1, 0.15) is 80.1 Å². The zero-order chi connectivity index (χ0) is 18.1. The number of ketones is 2. The summed E-state index contributed by atoms with van der Waals surface area (Å²) in [6.07, 6.45) is 12.1. The summed E-state index contributed by atoms with van der Waals surface area (Å²) >= 11 is 0. The second kappa shape index (κ2) is 7.38. The lowest BCUT2D eigenvalue weighted by atomic mass is 9.64. The summed E-state index contributed by atoms with van der Waals surface area (Å²) in [5, 5.41) is 10.5. The molecule has 0 aromatic heterocycles. The lowest BCUT2D eigenvalue weighted by molar-refractivity contribution is -0.112. The minimum absolute atomic E-state index is 0.0180. The molecule has 1 aromatic rings. The third kappa shape index (κ3) is 3.13. The lowest BCUT2D eigenvalue weighted by Crippen LogP contribution is -2.31. The molecular formula is C23H28O3. The Hall–Kier alpha value is -1.90. The molecule has 4 rings (SSSR count). The molecule has 3 atom stereocenters. The van der Waals surface area contributed by atoms with Crippen LogP contribution in [0, 0.1) is 17.8 Å². The number of hydrogen-bond acceptors (Lipinski definition) is 3. The molecule has 0 bridgehead atoms. The van der Waals surface area contributed by atoms with E-state index in [0.29, 0.717) is 23.1 Å². The number of carbonyl (C=O) groups excluding carboxylic acids is 2. The lowest BCUT2D eigenvalue weighted by Gasteiger charge is -2.41. The summed E-state index contributed by atoms with van der Waals surface area (Å²) < 4.78 is 0. The van der Waals surface area contributed by atoms with E-state index in [1.807, 2.05) is 0 Å². The van der Waals surface area contributed by atoms with Crippen molar-refractivity contribution in [1.82, 2.24) is 0 Å². The van der Waals surface area contributed by atoms with Crippen molar-refractivity contribution in [1.29, 1.82) is 0 Å². The van der Waals surface area contributed by atoms with Crippen molar-refractivity contribution >= 4 is 17.3 Å². The van der Waals surface area contributed by atoms with Crippen LogP contribution in [-0.4, -0.2) is 16.7 Å². The molecule has 1 aromatic carbocycles. The van der Waals surface area contributed by atoms with Crippen LogP contribution in [0.15, 0.2) is 29.8 Å². The SMILES string of the molecule is O=C1C(=O)c2ccccc2C(O)=C1CCC[C@@H]1CCC[C@H]2CCCC[C@@H]21. The molecule has 3 nitrogen and oxygen atoms in total.